The van der Waals surface area contributed by atoms with Gasteiger partial charge in [-0.25, -0.2) is 4.79 Å². The molecular formula is C22H16N4O3S. The molecule has 1 N–H and O–H groups in total. The van der Waals surface area contributed by atoms with Crippen molar-refractivity contribution in [3.05, 3.63) is 94.5 Å². The average molecular weight is 416 g/mol. The Morgan fingerprint density at radius 2 is 1.63 bits per heavy atom. The van der Waals surface area contributed by atoms with Crippen molar-refractivity contribution in [3.8, 4) is 11.4 Å². The summed E-state index contributed by atoms with van der Waals surface area (Å²) in [6, 6.07) is 19.8. The predicted octanol–water partition coefficient (Wildman–Crippen LogP) is 3.79. The number of hydrogen-bond acceptors (Lipinski definition) is 6. The lowest BCUT2D eigenvalue weighted by atomic mass is 9.82. The van der Waals surface area contributed by atoms with Crippen LogP contribution in [0, 0.1) is 0 Å². The smallest absolute Gasteiger partial charge is 0.326 e. The van der Waals surface area contributed by atoms with Gasteiger partial charge in [0.05, 0.1) is 0 Å². The highest BCUT2D eigenvalue weighted by atomic mass is 32.1. The Balaban J connectivity index is 1.51. The first-order chi connectivity index (χ1) is 14.7. The molecule has 1 aliphatic rings. The Hall–Kier alpha value is -3.78. The molecule has 0 aliphatic carbocycles. The minimum absolute atomic E-state index is 0.108. The number of urea groups is 1. The van der Waals surface area contributed by atoms with Crippen LogP contribution in [0.5, 0.6) is 0 Å². The summed E-state index contributed by atoms with van der Waals surface area (Å²) in [5, 5.41) is 10.7. The molecule has 3 amide bonds. The van der Waals surface area contributed by atoms with E-state index in [1.807, 2.05) is 77.5 Å². The fraction of sp³-hybridized carbons (Fsp3) is 0.0909. The SMILES string of the molecule is O=C1NC(c2ccccc2)(c2ccccc2)C(=O)N1Cc1nc(-c2ccsc2)no1. The van der Waals surface area contributed by atoms with Crippen molar-refractivity contribution in [1.82, 2.24) is 20.4 Å². The van der Waals surface area contributed by atoms with Crippen LogP contribution >= 0.6 is 11.3 Å². The predicted molar refractivity (Wildman–Crippen MR) is 110 cm³/mol. The third kappa shape index (κ3) is 2.89. The summed E-state index contributed by atoms with van der Waals surface area (Å²) in [6.07, 6.45) is 0. The molecule has 1 fully saturated rings. The number of hydrogen-bond donors (Lipinski definition) is 1. The lowest BCUT2D eigenvalue weighted by Crippen LogP contribution is -2.45. The molecule has 4 aromatic rings. The topological polar surface area (TPSA) is 88.3 Å². The van der Waals surface area contributed by atoms with Crippen molar-refractivity contribution >= 4 is 23.3 Å². The van der Waals surface area contributed by atoms with E-state index in [0.29, 0.717) is 17.0 Å². The molecule has 8 heteroatoms. The van der Waals surface area contributed by atoms with E-state index in [1.54, 1.807) is 0 Å². The van der Waals surface area contributed by atoms with E-state index >= 15 is 0 Å². The number of aromatic nitrogens is 2. The van der Waals surface area contributed by atoms with Crippen LogP contribution in [0.4, 0.5) is 4.79 Å². The molecule has 0 unspecified atom stereocenters. The molecule has 1 saturated heterocycles. The summed E-state index contributed by atoms with van der Waals surface area (Å²) in [6.45, 7) is -0.108. The summed E-state index contributed by atoms with van der Waals surface area (Å²) in [5.41, 5.74) is 0.883. The van der Waals surface area contributed by atoms with E-state index in [4.69, 9.17) is 4.52 Å². The van der Waals surface area contributed by atoms with Crippen LogP contribution in [0.2, 0.25) is 0 Å². The number of carbonyl (C=O) groups is 2. The van der Waals surface area contributed by atoms with Crippen molar-refractivity contribution in [2.45, 2.75) is 12.1 Å². The Bertz CT molecular complexity index is 1150. The third-order valence-corrected chi connectivity index (χ3v) is 5.74. The quantitative estimate of drug-likeness (QED) is 0.500. The number of imide groups is 1. The van der Waals surface area contributed by atoms with E-state index in [9.17, 15) is 9.59 Å². The second-order valence-electron chi connectivity index (χ2n) is 6.83. The van der Waals surface area contributed by atoms with E-state index in [1.165, 1.54) is 11.3 Å². The Kier molecular flexibility index (Phi) is 4.40. The van der Waals surface area contributed by atoms with Gasteiger partial charge in [-0.15, -0.1) is 0 Å². The zero-order valence-corrected chi connectivity index (χ0v) is 16.5. The maximum atomic E-state index is 13.6. The van der Waals surface area contributed by atoms with Gasteiger partial charge in [-0.05, 0) is 22.6 Å². The van der Waals surface area contributed by atoms with Gasteiger partial charge in [0, 0.05) is 10.9 Å². The average Bonchev–Trinajstić information content (AvgIpc) is 3.52. The Labute approximate surface area is 176 Å². The number of carbonyl (C=O) groups excluding carboxylic acids is 2. The van der Waals surface area contributed by atoms with Gasteiger partial charge in [0.15, 0.2) is 5.54 Å². The number of nitrogens with zero attached hydrogens (tertiary/aromatic N) is 3. The second kappa shape index (κ2) is 7.23. The number of thiophene rings is 1. The van der Waals surface area contributed by atoms with Crippen molar-refractivity contribution in [3.63, 3.8) is 0 Å². The van der Waals surface area contributed by atoms with Crippen molar-refractivity contribution in [1.29, 1.82) is 0 Å². The highest BCUT2D eigenvalue weighted by Gasteiger charge is 2.54. The van der Waals surface area contributed by atoms with Gasteiger partial charge >= 0.3 is 6.03 Å². The molecule has 1 aliphatic heterocycles. The largest absolute Gasteiger partial charge is 0.337 e. The number of nitrogens with one attached hydrogen (secondary N) is 1. The van der Waals surface area contributed by atoms with Gasteiger partial charge in [-0.1, -0.05) is 65.8 Å². The van der Waals surface area contributed by atoms with Gasteiger partial charge in [0.2, 0.25) is 11.7 Å². The molecular weight excluding hydrogens is 400 g/mol. The molecule has 5 rings (SSSR count). The second-order valence-corrected chi connectivity index (χ2v) is 7.61. The van der Waals surface area contributed by atoms with Crippen LogP contribution in [0.1, 0.15) is 17.0 Å². The Morgan fingerprint density at radius 1 is 0.967 bits per heavy atom. The molecule has 0 radical (unpaired) electrons. The van der Waals surface area contributed by atoms with Crippen LogP contribution in [0.25, 0.3) is 11.4 Å². The maximum Gasteiger partial charge on any atom is 0.326 e. The van der Waals surface area contributed by atoms with Crippen LogP contribution in [0.3, 0.4) is 0 Å². The van der Waals surface area contributed by atoms with Crippen LogP contribution in [-0.4, -0.2) is 27.0 Å². The number of rotatable bonds is 5. The first kappa shape index (κ1) is 18.3. The first-order valence-corrected chi connectivity index (χ1v) is 10.2. The zero-order valence-electron chi connectivity index (χ0n) is 15.7. The Morgan fingerprint density at radius 3 is 2.23 bits per heavy atom. The normalized spacial score (nSPS) is 15.4. The highest BCUT2D eigenvalue weighted by molar-refractivity contribution is 7.08. The lowest BCUT2D eigenvalue weighted by molar-refractivity contribution is -0.130. The first-order valence-electron chi connectivity index (χ1n) is 9.29. The fourth-order valence-corrected chi connectivity index (χ4v) is 4.25. The monoisotopic (exact) mass is 416 g/mol. The fourth-order valence-electron chi connectivity index (χ4n) is 3.62. The van der Waals surface area contributed by atoms with Crippen LogP contribution < -0.4 is 5.32 Å². The van der Waals surface area contributed by atoms with Gasteiger partial charge in [0.1, 0.15) is 6.54 Å². The summed E-state index contributed by atoms with van der Waals surface area (Å²) in [7, 11) is 0. The summed E-state index contributed by atoms with van der Waals surface area (Å²) >= 11 is 1.52. The highest BCUT2D eigenvalue weighted by Crippen LogP contribution is 2.36. The lowest BCUT2D eigenvalue weighted by Gasteiger charge is -2.27. The van der Waals surface area contributed by atoms with Gasteiger partial charge in [0.25, 0.3) is 5.91 Å². The zero-order chi connectivity index (χ0) is 20.6. The summed E-state index contributed by atoms with van der Waals surface area (Å²) < 4.78 is 5.30. The molecule has 0 bridgehead atoms. The van der Waals surface area contributed by atoms with E-state index in [-0.39, 0.29) is 18.3 Å². The van der Waals surface area contributed by atoms with Gasteiger partial charge in [-0.3, -0.25) is 9.69 Å². The van der Waals surface area contributed by atoms with Gasteiger partial charge < -0.3 is 9.84 Å². The minimum Gasteiger partial charge on any atom is -0.337 e. The molecule has 0 atom stereocenters. The van der Waals surface area contributed by atoms with Crippen molar-refractivity contribution in [2.24, 2.45) is 0 Å². The van der Waals surface area contributed by atoms with E-state index in [0.717, 1.165) is 10.5 Å². The van der Waals surface area contributed by atoms with E-state index in [2.05, 4.69) is 15.5 Å². The third-order valence-electron chi connectivity index (χ3n) is 5.06. The number of amides is 3. The molecule has 2 aromatic carbocycles. The molecule has 2 aromatic heterocycles. The number of benzene rings is 2. The molecule has 3 heterocycles. The maximum absolute atomic E-state index is 13.6. The van der Waals surface area contributed by atoms with Gasteiger partial charge in [-0.2, -0.15) is 16.3 Å². The molecule has 7 nitrogen and oxygen atoms in total. The molecule has 0 spiro atoms. The molecule has 0 saturated carbocycles. The van der Waals surface area contributed by atoms with Crippen molar-refractivity contribution in [2.75, 3.05) is 0 Å². The standard InChI is InChI=1S/C22H16N4O3S/c27-20-22(16-7-3-1-4-8-16,17-9-5-2-6-10-17)24-21(28)26(20)13-18-23-19(25-29-18)15-11-12-30-14-15/h1-12,14H,13H2,(H,24,28). The summed E-state index contributed by atoms with van der Waals surface area (Å²) in [4.78, 5) is 32.0. The van der Waals surface area contributed by atoms with Crippen LogP contribution in [0.15, 0.2) is 82.0 Å². The minimum atomic E-state index is -1.31. The van der Waals surface area contributed by atoms with Crippen molar-refractivity contribution < 1.29 is 14.1 Å². The molecule has 30 heavy (non-hydrogen) atoms. The summed E-state index contributed by atoms with van der Waals surface area (Å²) in [5.74, 6) is 0.229. The van der Waals surface area contributed by atoms with Crippen LogP contribution in [-0.2, 0) is 16.9 Å². The van der Waals surface area contributed by atoms with E-state index < -0.39 is 11.6 Å². The molecule has 148 valence electrons.